The normalized spacial score (nSPS) is 12.7. The first-order valence-electron chi connectivity index (χ1n) is 6.16. The molecule has 3 nitrogen and oxygen atoms in total. The van der Waals surface area contributed by atoms with Gasteiger partial charge in [0.2, 0.25) is 0 Å². The van der Waals surface area contributed by atoms with E-state index in [0.717, 1.165) is 33.0 Å². The maximum Gasteiger partial charge on any atom is 0.0739 e. The number of aromatic nitrogens is 2. The largest absolute Gasteiger partial charge is 0.304 e. The molecule has 0 spiro atoms. The Bertz CT molecular complexity index is 580. The maximum atomic E-state index is 6.20. The van der Waals surface area contributed by atoms with Gasteiger partial charge in [0.05, 0.1) is 15.9 Å². The van der Waals surface area contributed by atoms with Gasteiger partial charge in [0.15, 0.2) is 0 Å². The van der Waals surface area contributed by atoms with Gasteiger partial charge in [-0.15, -0.1) is 0 Å². The summed E-state index contributed by atoms with van der Waals surface area (Å²) >= 11 is 9.77. The third-order valence-electron chi connectivity index (χ3n) is 3.21. The maximum absolute atomic E-state index is 6.20. The van der Waals surface area contributed by atoms with E-state index >= 15 is 0 Å². The molecule has 102 valence electrons. The summed E-state index contributed by atoms with van der Waals surface area (Å²) in [6.07, 6.45) is 0. The lowest BCUT2D eigenvalue weighted by molar-refractivity contribution is 0.547. The molecule has 1 heterocycles. The number of aryl methyl sites for hydroxylation is 2. The molecule has 0 bridgehead atoms. The summed E-state index contributed by atoms with van der Waals surface area (Å²) in [4.78, 5) is 0. The Kier molecular flexibility index (Phi) is 4.66. The molecule has 1 N–H and O–H groups in total. The van der Waals surface area contributed by atoms with Crippen LogP contribution in [-0.4, -0.2) is 9.78 Å². The molecular weight excluding hydrogens is 326 g/mol. The summed E-state index contributed by atoms with van der Waals surface area (Å²) in [6, 6.07) is 8.10. The van der Waals surface area contributed by atoms with E-state index in [0.29, 0.717) is 0 Å². The third kappa shape index (κ3) is 3.19. The van der Waals surface area contributed by atoms with Crippen molar-refractivity contribution in [2.45, 2.75) is 26.4 Å². The fourth-order valence-corrected chi connectivity index (χ4v) is 2.83. The SMILES string of the molecule is Cc1nn(C)c(CN[C@H](C)c2ccccc2Cl)c1Br. The van der Waals surface area contributed by atoms with Crippen molar-refractivity contribution in [3.63, 3.8) is 0 Å². The minimum atomic E-state index is 0.191. The van der Waals surface area contributed by atoms with Crippen molar-refractivity contribution in [3.8, 4) is 0 Å². The summed E-state index contributed by atoms with van der Waals surface area (Å²) in [6.45, 7) is 4.84. The molecule has 0 saturated heterocycles. The number of hydrogen-bond donors (Lipinski definition) is 1. The molecule has 1 aromatic heterocycles. The van der Waals surface area contributed by atoms with Crippen LogP contribution in [0.5, 0.6) is 0 Å². The number of hydrogen-bond acceptors (Lipinski definition) is 2. The van der Waals surface area contributed by atoms with Gasteiger partial charge >= 0.3 is 0 Å². The van der Waals surface area contributed by atoms with E-state index in [1.807, 2.05) is 42.9 Å². The predicted octanol–water partition coefficient (Wildman–Crippen LogP) is 4.00. The second-order valence-electron chi connectivity index (χ2n) is 4.59. The second kappa shape index (κ2) is 6.07. The molecule has 0 aliphatic carbocycles. The molecule has 2 rings (SSSR count). The van der Waals surface area contributed by atoms with E-state index < -0.39 is 0 Å². The van der Waals surface area contributed by atoms with Crippen molar-refractivity contribution in [1.82, 2.24) is 15.1 Å². The molecule has 0 aliphatic heterocycles. The molecule has 5 heteroatoms. The number of halogens is 2. The fourth-order valence-electron chi connectivity index (χ4n) is 2.06. The standard InChI is InChI=1S/C14H17BrClN3/c1-9(11-6-4-5-7-12(11)16)17-8-13-14(15)10(2)18-19(13)3/h4-7,9,17H,8H2,1-3H3/t9-/m1/s1. The summed E-state index contributed by atoms with van der Waals surface area (Å²) in [5.74, 6) is 0. The average molecular weight is 343 g/mol. The Morgan fingerprint density at radius 3 is 2.68 bits per heavy atom. The van der Waals surface area contributed by atoms with Crippen LogP contribution >= 0.6 is 27.5 Å². The van der Waals surface area contributed by atoms with Gasteiger partial charge in [0.25, 0.3) is 0 Å². The van der Waals surface area contributed by atoms with Gasteiger partial charge in [-0.1, -0.05) is 29.8 Å². The minimum absolute atomic E-state index is 0.191. The van der Waals surface area contributed by atoms with Crippen molar-refractivity contribution < 1.29 is 0 Å². The van der Waals surface area contributed by atoms with Gasteiger partial charge in [-0.3, -0.25) is 4.68 Å². The molecule has 0 unspecified atom stereocenters. The van der Waals surface area contributed by atoms with Gasteiger partial charge in [0, 0.05) is 24.7 Å². The fraction of sp³-hybridized carbons (Fsp3) is 0.357. The van der Waals surface area contributed by atoms with Crippen LogP contribution in [0.25, 0.3) is 0 Å². The molecule has 1 aromatic carbocycles. The van der Waals surface area contributed by atoms with Crippen LogP contribution in [0.1, 0.15) is 29.9 Å². The Morgan fingerprint density at radius 2 is 2.11 bits per heavy atom. The van der Waals surface area contributed by atoms with Crippen molar-refractivity contribution in [2.75, 3.05) is 0 Å². The summed E-state index contributed by atoms with van der Waals surface area (Å²) in [5.41, 5.74) is 3.25. The first-order chi connectivity index (χ1) is 9.00. The lowest BCUT2D eigenvalue weighted by Gasteiger charge is -2.16. The zero-order chi connectivity index (χ0) is 14.0. The van der Waals surface area contributed by atoms with E-state index in [9.17, 15) is 0 Å². The highest BCUT2D eigenvalue weighted by Gasteiger charge is 2.13. The molecule has 0 amide bonds. The van der Waals surface area contributed by atoms with Crippen LogP contribution < -0.4 is 5.32 Å². The molecule has 0 saturated carbocycles. The Hall–Kier alpha value is -0.840. The molecule has 1 atom stereocenters. The third-order valence-corrected chi connectivity index (χ3v) is 4.58. The Balaban J connectivity index is 2.09. The van der Waals surface area contributed by atoms with Gasteiger partial charge in [0.1, 0.15) is 0 Å². The topological polar surface area (TPSA) is 29.9 Å². The van der Waals surface area contributed by atoms with Crippen molar-refractivity contribution >= 4 is 27.5 Å². The zero-order valence-corrected chi connectivity index (χ0v) is 13.6. The first-order valence-corrected chi connectivity index (χ1v) is 7.33. The monoisotopic (exact) mass is 341 g/mol. The van der Waals surface area contributed by atoms with Crippen LogP contribution in [0.2, 0.25) is 5.02 Å². The Morgan fingerprint density at radius 1 is 1.42 bits per heavy atom. The van der Waals surface area contributed by atoms with Crippen molar-refractivity contribution in [3.05, 3.63) is 50.7 Å². The van der Waals surface area contributed by atoms with Crippen molar-refractivity contribution in [1.29, 1.82) is 0 Å². The van der Waals surface area contributed by atoms with E-state index in [1.165, 1.54) is 0 Å². The van der Waals surface area contributed by atoms with E-state index in [2.05, 4.69) is 33.3 Å². The van der Waals surface area contributed by atoms with Gasteiger partial charge in [-0.2, -0.15) is 5.10 Å². The number of nitrogens with zero attached hydrogens (tertiary/aromatic N) is 2. The van der Waals surface area contributed by atoms with Crippen LogP contribution in [-0.2, 0) is 13.6 Å². The van der Waals surface area contributed by atoms with Crippen molar-refractivity contribution in [2.24, 2.45) is 7.05 Å². The molecule has 19 heavy (non-hydrogen) atoms. The highest BCUT2D eigenvalue weighted by Crippen LogP contribution is 2.24. The summed E-state index contributed by atoms with van der Waals surface area (Å²) < 4.78 is 2.96. The number of nitrogens with one attached hydrogen (secondary N) is 1. The highest BCUT2D eigenvalue weighted by molar-refractivity contribution is 9.10. The van der Waals surface area contributed by atoms with Crippen LogP contribution in [0.15, 0.2) is 28.7 Å². The van der Waals surface area contributed by atoms with E-state index in [1.54, 1.807) is 0 Å². The first kappa shape index (κ1) is 14.6. The van der Waals surface area contributed by atoms with Gasteiger partial charge in [-0.05, 0) is 41.4 Å². The lowest BCUT2D eigenvalue weighted by Crippen LogP contribution is -2.20. The average Bonchev–Trinajstić information content (AvgIpc) is 2.61. The van der Waals surface area contributed by atoms with Gasteiger partial charge in [-0.25, -0.2) is 0 Å². The molecule has 0 radical (unpaired) electrons. The Labute approximate surface area is 127 Å². The number of benzene rings is 1. The lowest BCUT2D eigenvalue weighted by atomic mass is 10.1. The van der Waals surface area contributed by atoms with Crippen LogP contribution in [0.4, 0.5) is 0 Å². The van der Waals surface area contributed by atoms with Gasteiger partial charge < -0.3 is 5.32 Å². The quantitative estimate of drug-likeness (QED) is 0.910. The smallest absolute Gasteiger partial charge is 0.0739 e. The van der Waals surface area contributed by atoms with E-state index in [4.69, 9.17) is 11.6 Å². The minimum Gasteiger partial charge on any atom is -0.304 e. The number of rotatable bonds is 4. The molecule has 0 fully saturated rings. The summed E-state index contributed by atoms with van der Waals surface area (Å²) in [5, 5.41) is 8.65. The van der Waals surface area contributed by atoms with Crippen LogP contribution in [0.3, 0.4) is 0 Å². The predicted molar refractivity (Wildman–Crippen MR) is 82.4 cm³/mol. The zero-order valence-electron chi connectivity index (χ0n) is 11.2. The van der Waals surface area contributed by atoms with Crippen LogP contribution in [0, 0.1) is 6.92 Å². The summed E-state index contributed by atoms with van der Waals surface area (Å²) in [7, 11) is 1.95. The highest BCUT2D eigenvalue weighted by atomic mass is 79.9. The molecular formula is C14H17BrClN3. The molecule has 0 aliphatic rings. The molecule has 2 aromatic rings. The van der Waals surface area contributed by atoms with E-state index in [-0.39, 0.29) is 6.04 Å². The second-order valence-corrected chi connectivity index (χ2v) is 5.79.